The normalized spacial score (nSPS) is 10.6. The third-order valence-corrected chi connectivity index (χ3v) is 2.70. The Morgan fingerprint density at radius 3 is 2.25 bits per heavy atom. The first-order valence-electron chi connectivity index (χ1n) is 5.81. The van der Waals surface area contributed by atoms with Gasteiger partial charge in [-0.2, -0.15) is 15.4 Å². The summed E-state index contributed by atoms with van der Waals surface area (Å²) in [6, 6.07) is 8.87. The Morgan fingerprint density at radius 1 is 1.00 bits per heavy atom. The van der Waals surface area contributed by atoms with Crippen molar-refractivity contribution in [3.63, 3.8) is 0 Å². The molecule has 0 fully saturated rings. The van der Waals surface area contributed by atoms with E-state index in [-0.39, 0.29) is 0 Å². The van der Waals surface area contributed by atoms with Crippen LogP contribution in [0.5, 0.6) is 0 Å². The highest BCUT2D eigenvalue weighted by Gasteiger charge is 1.98. The van der Waals surface area contributed by atoms with Crippen molar-refractivity contribution in [3.8, 4) is 0 Å². The summed E-state index contributed by atoms with van der Waals surface area (Å²) in [6.45, 7) is 2.21. The van der Waals surface area contributed by atoms with Crippen LogP contribution in [0, 0.1) is 0 Å². The summed E-state index contributed by atoms with van der Waals surface area (Å²) < 4.78 is 0. The van der Waals surface area contributed by atoms with Gasteiger partial charge in [-0.25, -0.2) is 0 Å². The predicted molar refractivity (Wildman–Crippen MR) is 64.2 cm³/mol. The van der Waals surface area contributed by atoms with Gasteiger partial charge in [-0.15, -0.1) is 0 Å². The molecular formula is C13H17N3. The van der Waals surface area contributed by atoms with Gasteiger partial charge in [0, 0.05) is 0 Å². The zero-order chi connectivity index (χ0) is 11.2. The van der Waals surface area contributed by atoms with Gasteiger partial charge in [-0.3, -0.25) is 0 Å². The van der Waals surface area contributed by atoms with E-state index < -0.39 is 0 Å². The second kappa shape index (κ2) is 5.45. The number of aromatic amines is 1. The standard InChI is InChI=1S/C13H17N3/c1-2-3-11-4-6-12(7-5-11)8-9-13-10-14-16-15-13/h4-7,10H,2-3,8-9H2,1H3,(H,14,15,16). The molecule has 16 heavy (non-hydrogen) atoms. The molecule has 0 aliphatic rings. The Kier molecular flexibility index (Phi) is 3.70. The Morgan fingerprint density at radius 2 is 1.69 bits per heavy atom. The Labute approximate surface area is 95.9 Å². The first-order chi connectivity index (χ1) is 7.88. The van der Waals surface area contributed by atoms with Gasteiger partial charge >= 0.3 is 0 Å². The molecule has 3 heteroatoms. The molecule has 0 atom stereocenters. The molecule has 1 N–H and O–H groups in total. The van der Waals surface area contributed by atoms with Crippen LogP contribution in [0.4, 0.5) is 0 Å². The summed E-state index contributed by atoms with van der Waals surface area (Å²) >= 11 is 0. The molecule has 0 saturated carbocycles. The molecule has 0 bridgehead atoms. The number of nitrogens with zero attached hydrogens (tertiary/aromatic N) is 2. The van der Waals surface area contributed by atoms with Crippen molar-refractivity contribution in [2.24, 2.45) is 0 Å². The molecule has 0 aliphatic carbocycles. The molecule has 1 heterocycles. The average molecular weight is 215 g/mol. The van der Waals surface area contributed by atoms with E-state index >= 15 is 0 Å². The molecule has 0 spiro atoms. The first-order valence-corrected chi connectivity index (χ1v) is 5.81. The number of rotatable bonds is 5. The smallest absolute Gasteiger partial charge is 0.0828 e. The second-order valence-electron chi connectivity index (χ2n) is 4.03. The van der Waals surface area contributed by atoms with E-state index in [2.05, 4.69) is 46.6 Å². The van der Waals surface area contributed by atoms with Gasteiger partial charge in [-0.1, -0.05) is 37.6 Å². The molecule has 0 unspecified atom stereocenters. The third kappa shape index (κ3) is 2.92. The van der Waals surface area contributed by atoms with Gasteiger partial charge in [0.1, 0.15) is 0 Å². The molecule has 84 valence electrons. The van der Waals surface area contributed by atoms with Crippen LogP contribution in [0.1, 0.15) is 30.2 Å². The fourth-order valence-electron chi connectivity index (χ4n) is 1.78. The number of hydrogen-bond donors (Lipinski definition) is 1. The Hall–Kier alpha value is -1.64. The fourth-order valence-corrected chi connectivity index (χ4v) is 1.78. The van der Waals surface area contributed by atoms with E-state index in [1.807, 2.05) is 0 Å². The second-order valence-corrected chi connectivity index (χ2v) is 4.03. The van der Waals surface area contributed by atoms with Gasteiger partial charge in [0.05, 0.1) is 11.9 Å². The highest BCUT2D eigenvalue weighted by Crippen LogP contribution is 2.08. The third-order valence-electron chi connectivity index (χ3n) is 2.70. The van der Waals surface area contributed by atoms with Crippen LogP contribution in [0.2, 0.25) is 0 Å². The monoisotopic (exact) mass is 215 g/mol. The Balaban J connectivity index is 1.90. The van der Waals surface area contributed by atoms with Crippen LogP contribution in [-0.2, 0) is 19.3 Å². The first kappa shape index (κ1) is 10.9. The summed E-state index contributed by atoms with van der Waals surface area (Å²) in [4.78, 5) is 0. The number of aromatic nitrogens is 3. The summed E-state index contributed by atoms with van der Waals surface area (Å²) in [5.74, 6) is 0. The van der Waals surface area contributed by atoms with Gasteiger partial charge < -0.3 is 0 Å². The number of aryl methyl sites for hydroxylation is 3. The summed E-state index contributed by atoms with van der Waals surface area (Å²) in [6.07, 6.45) is 6.13. The Bertz CT molecular complexity index is 403. The average Bonchev–Trinajstić information content (AvgIpc) is 2.82. The molecule has 1 aromatic heterocycles. The van der Waals surface area contributed by atoms with Gasteiger partial charge in [-0.05, 0) is 30.4 Å². The van der Waals surface area contributed by atoms with Crippen LogP contribution in [-0.4, -0.2) is 15.4 Å². The molecule has 0 saturated heterocycles. The molecule has 2 rings (SSSR count). The zero-order valence-electron chi connectivity index (χ0n) is 9.61. The largest absolute Gasteiger partial charge is 0.198 e. The maximum Gasteiger partial charge on any atom is 0.0828 e. The highest BCUT2D eigenvalue weighted by atomic mass is 15.3. The number of H-pyrrole nitrogens is 1. The van der Waals surface area contributed by atoms with Crippen LogP contribution < -0.4 is 0 Å². The number of hydrogen-bond acceptors (Lipinski definition) is 2. The lowest BCUT2D eigenvalue weighted by molar-refractivity contribution is 0.869. The molecule has 0 aliphatic heterocycles. The van der Waals surface area contributed by atoms with Crippen LogP contribution in [0.15, 0.2) is 30.5 Å². The minimum atomic E-state index is 0.948. The van der Waals surface area contributed by atoms with Crippen LogP contribution >= 0.6 is 0 Å². The van der Waals surface area contributed by atoms with Crippen molar-refractivity contribution in [2.45, 2.75) is 32.6 Å². The van der Waals surface area contributed by atoms with E-state index in [9.17, 15) is 0 Å². The lowest BCUT2D eigenvalue weighted by atomic mass is 10.0. The molecule has 1 aromatic carbocycles. The van der Waals surface area contributed by atoms with Crippen molar-refractivity contribution in [1.29, 1.82) is 0 Å². The molecule has 2 aromatic rings. The van der Waals surface area contributed by atoms with Gasteiger partial charge in [0.15, 0.2) is 0 Å². The lowest BCUT2D eigenvalue weighted by Gasteiger charge is -2.02. The molecule has 0 amide bonds. The molecular weight excluding hydrogens is 198 g/mol. The number of benzene rings is 1. The maximum absolute atomic E-state index is 4.04. The summed E-state index contributed by atoms with van der Waals surface area (Å²) in [5, 5.41) is 10.5. The van der Waals surface area contributed by atoms with Crippen molar-refractivity contribution < 1.29 is 0 Å². The summed E-state index contributed by atoms with van der Waals surface area (Å²) in [7, 11) is 0. The quantitative estimate of drug-likeness (QED) is 0.832. The molecule has 3 nitrogen and oxygen atoms in total. The van der Waals surface area contributed by atoms with Gasteiger partial charge in [0.2, 0.25) is 0 Å². The van der Waals surface area contributed by atoms with E-state index in [1.54, 1.807) is 6.20 Å². The highest BCUT2D eigenvalue weighted by molar-refractivity contribution is 5.23. The van der Waals surface area contributed by atoms with Crippen LogP contribution in [0.3, 0.4) is 0 Å². The van der Waals surface area contributed by atoms with Crippen LogP contribution in [0.25, 0.3) is 0 Å². The SMILES string of the molecule is CCCc1ccc(CCc2cn[nH]n2)cc1. The maximum atomic E-state index is 4.04. The zero-order valence-corrected chi connectivity index (χ0v) is 9.61. The van der Waals surface area contributed by atoms with Gasteiger partial charge in [0.25, 0.3) is 0 Å². The van der Waals surface area contributed by atoms with Crippen molar-refractivity contribution in [3.05, 3.63) is 47.3 Å². The summed E-state index contributed by atoms with van der Waals surface area (Å²) in [5.41, 5.74) is 3.81. The predicted octanol–water partition coefficient (Wildman–Crippen LogP) is 2.54. The molecule has 0 radical (unpaired) electrons. The number of nitrogens with one attached hydrogen (secondary N) is 1. The van der Waals surface area contributed by atoms with Crippen molar-refractivity contribution in [2.75, 3.05) is 0 Å². The lowest BCUT2D eigenvalue weighted by Crippen LogP contribution is -1.92. The van der Waals surface area contributed by atoms with Crippen molar-refractivity contribution >= 4 is 0 Å². The van der Waals surface area contributed by atoms with E-state index in [0.29, 0.717) is 0 Å². The fraction of sp³-hybridized carbons (Fsp3) is 0.385. The van der Waals surface area contributed by atoms with Crippen molar-refractivity contribution in [1.82, 2.24) is 15.4 Å². The van der Waals surface area contributed by atoms with E-state index in [4.69, 9.17) is 0 Å². The van der Waals surface area contributed by atoms with E-state index in [1.165, 1.54) is 24.0 Å². The van der Waals surface area contributed by atoms with E-state index in [0.717, 1.165) is 18.5 Å². The minimum absolute atomic E-state index is 0.948. The topological polar surface area (TPSA) is 41.6 Å². The minimum Gasteiger partial charge on any atom is -0.198 e.